The summed E-state index contributed by atoms with van der Waals surface area (Å²) in [6, 6.07) is 7.39. The number of nitro groups is 1. The summed E-state index contributed by atoms with van der Waals surface area (Å²) in [5, 5.41) is 18.1. The Labute approximate surface area is 164 Å². The van der Waals surface area contributed by atoms with Gasteiger partial charge in [-0.25, -0.2) is 18.4 Å². The summed E-state index contributed by atoms with van der Waals surface area (Å²) in [5.41, 5.74) is -0.0682. The molecule has 10 nitrogen and oxygen atoms in total. The quantitative estimate of drug-likeness (QED) is 0.405. The lowest BCUT2D eigenvalue weighted by Crippen LogP contribution is -2.21. The molecule has 2 rings (SSSR count). The van der Waals surface area contributed by atoms with Crippen molar-refractivity contribution in [3.63, 3.8) is 0 Å². The van der Waals surface area contributed by atoms with Gasteiger partial charge < -0.3 is 10.1 Å². The minimum Gasteiger partial charge on any atom is -0.452 e. The standard InChI is InChI=1S/C16H14ClN3O7S/c1-9-2-3-10(6-14(9)28(18,25)26)16(22)27-8-15(21)19-11-4-5-12(17)13(7-11)20(23)24/h2-7H,8H2,1H3,(H,19,21)(H2,18,25,26). The second-order valence-electron chi connectivity index (χ2n) is 5.57. The molecule has 0 atom stereocenters. The van der Waals surface area contributed by atoms with E-state index in [0.717, 1.165) is 12.1 Å². The molecule has 0 unspecified atom stereocenters. The van der Waals surface area contributed by atoms with Crippen LogP contribution in [-0.2, 0) is 19.6 Å². The van der Waals surface area contributed by atoms with Crippen LogP contribution in [0.4, 0.5) is 11.4 Å². The molecule has 3 N–H and O–H groups in total. The smallest absolute Gasteiger partial charge is 0.338 e. The highest BCUT2D eigenvalue weighted by Gasteiger charge is 2.18. The van der Waals surface area contributed by atoms with E-state index < -0.39 is 39.1 Å². The van der Waals surface area contributed by atoms with E-state index in [-0.39, 0.29) is 21.2 Å². The zero-order chi connectivity index (χ0) is 21.1. The second kappa shape index (κ2) is 8.33. The van der Waals surface area contributed by atoms with E-state index in [4.69, 9.17) is 21.5 Å². The molecule has 0 heterocycles. The Morgan fingerprint density at radius 1 is 1.25 bits per heavy atom. The number of amides is 1. The zero-order valence-corrected chi connectivity index (χ0v) is 15.9. The molecule has 0 spiro atoms. The van der Waals surface area contributed by atoms with Crippen LogP contribution in [-0.4, -0.2) is 31.8 Å². The molecule has 0 bridgehead atoms. The van der Waals surface area contributed by atoms with Crippen molar-refractivity contribution in [1.29, 1.82) is 0 Å². The first kappa shape index (κ1) is 21.3. The molecular formula is C16H14ClN3O7S. The predicted octanol–water partition coefficient (Wildman–Crippen LogP) is 2.00. The molecule has 0 radical (unpaired) electrons. The molecule has 0 aliphatic carbocycles. The van der Waals surface area contributed by atoms with Crippen LogP contribution in [0.15, 0.2) is 41.3 Å². The van der Waals surface area contributed by atoms with Gasteiger partial charge in [0.15, 0.2) is 6.61 Å². The second-order valence-corrected chi connectivity index (χ2v) is 7.51. The molecule has 0 fully saturated rings. The average Bonchev–Trinajstić information content (AvgIpc) is 2.60. The van der Waals surface area contributed by atoms with Crippen LogP contribution >= 0.6 is 11.6 Å². The molecule has 148 valence electrons. The summed E-state index contributed by atoms with van der Waals surface area (Å²) in [5.74, 6) is -1.70. The third-order valence-corrected chi connectivity index (χ3v) is 4.86. The van der Waals surface area contributed by atoms with Crippen LogP contribution in [0.2, 0.25) is 5.02 Å². The number of benzene rings is 2. The number of aryl methyl sites for hydroxylation is 1. The maximum atomic E-state index is 12.0. The van der Waals surface area contributed by atoms with Crippen molar-refractivity contribution in [2.45, 2.75) is 11.8 Å². The maximum absolute atomic E-state index is 12.0. The fourth-order valence-electron chi connectivity index (χ4n) is 2.18. The molecule has 2 aromatic rings. The van der Waals surface area contributed by atoms with Crippen molar-refractivity contribution >= 4 is 44.9 Å². The highest BCUT2D eigenvalue weighted by Crippen LogP contribution is 2.27. The lowest BCUT2D eigenvalue weighted by Gasteiger charge is -2.09. The fraction of sp³-hybridized carbons (Fsp3) is 0.125. The van der Waals surface area contributed by atoms with Crippen molar-refractivity contribution in [3.05, 3.63) is 62.7 Å². The van der Waals surface area contributed by atoms with Gasteiger partial charge in [0, 0.05) is 11.8 Å². The molecule has 0 aliphatic heterocycles. The number of halogens is 1. The van der Waals surface area contributed by atoms with Crippen LogP contribution in [0.5, 0.6) is 0 Å². The Morgan fingerprint density at radius 3 is 2.54 bits per heavy atom. The summed E-state index contributed by atoms with van der Waals surface area (Å²) in [7, 11) is -4.03. The number of carbonyl (C=O) groups excluding carboxylic acids is 2. The summed E-state index contributed by atoms with van der Waals surface area (Å²) in [6.45, 7) is 0.807. The molecule has 0 aromatic heterocycles. The monoisotopic (exact) mass is 427 g/mol. The van der Waals surface area contributed by atoms with Crippen LogP contribution < -0.4 is 10.5 Å². The number of nitrogens with one attached hydrogen (secondary N) is 1. The van der Waals surface area contributed by atoms with Gasteiger partial charge >= 0.3 is 5.97 Å². The number of nitrogens with zero attached hydrogens (tertiary/aromatic N) is 1. The van der Waals surface area contributed by atoms with Crippen molar-refractivity contribution in [3.8, 4) is 0 Å². The van der Waals surface area contributed by atoms with Crippen molar-refractivity contribution in [2.24, 2.45) is 5.14 Å². The number of esters is 1. The van der Waals surface area contributed by atoms with E-state index in [1.54, 1.807) is 0 Å². The fourth-order valence-corrected chi connectivity index (χ4v) is 3.17. The largest absolute Gasteiger partial charge is 0.452 e. The van der Waals surface area contributed by atoms with Gasteiger partial charge in [-0.1, -0.05) is 17.7 Å². The minimum absolute atomic E-state index is 0.0870. The lowest BCUT2D eigenvalue weighted by atomic mass is 10.1. The topological polar surface area (TPSA) is 159 Å². The van der Waals surface area contributed by atoms with Gasteiger partial charge in [0.1, 0.15) is 5.02 Å². The average molecular weight is 428 g/mol. The van der Waals surface area contributed by atoms with Gasteiger partial charge in [0.2, 0.25) is 10.0 Å². The summed E-state index contributed by atoms with van der Waals surface area (Å²) in [4.78, 5) is 33.8. The summed E-state index contributed by atoms with van der Waals surface area (Å²) in [6.07, 6.45) is 0. The number of hydrogen-bond acceptors (Lipinski definition) is 7. The predicted molar refractivity (Wildman–Crippen MR) is 99.6 cm³/mol. The molecule has 28 heavy (non-hydrogen) atoms. The highest BCUT2D eigenvalue weighted by molar-refractivity contribution is 7.89. The van der Waals surface area contributed by atoms with Crippen molar-refractivity contribution in [2.75, 3.05) is 11.9 Å². The van der Waals surface area contributed by atoms with E-state index in [0.29, 0.717) is 5.56 Å². The van der Waals surface area contributed by atoms with Gasteiger partial charge in [-0.05, 0) is 36.8 Å². The highest BCUT2D eigenvalue weighted by atomic mass is 35.5. The van der Waals surface area contributed by atoms with E-state index in [2.05, 4.69) is 5.32 Å². The Hall–Kier alpha value is -3.02. The summed E-state index contributed by atoms with van der Waals surface area (Å²) < 4.78 is 27.8. The first-order valence-corrected chi connectivity index (χ1v) is 9.46. The zero-order valence-electron chi connectivity index (χ0n) is 14.3. The number of ether oxygens (including phenoxy) is 1. The molecular weight excluding hydrogens is 414 g/mol. The van der Waals surface area contributed by atoms with Crippen LogP contribution in [0, 0.1) is 17.0 Å². The van der Waals surface area contributed by atoms with Crippen LogP contribution in [0.3, 0.4) is 0 Å². The number of nitro benzene ring substituents is 1. The number of primary sulfonamides is 1. The summed E-state index contributed by atoms with van der Waals surface area (Å²) >= 11 is 5.68. The van der Waals surface area contributed by atoms with E-state index in [1.165, 1.54) is 31.2 Å². The molecule has 12 heteroatoms. The number of hydrogen-bond donors (Lipinski definition) is 2. The lowest BCUT2D eigenvalue weighted by molar-refractivity contribution is -0.384. The van der Waals surface area contributed by atoms with Crippen LogP contribution in [0.25, 0.3) is 0 Å². The Bertz CT molecular complexity index is 1070. The molecule has 0 saturated heterocycles. The first-order valence-electron chi connectivity index (χ1n) is 7.53. The Morgan fingerprint density at radius 2 is 1.93 bits per heavy atom. The Balaban J connectivity index is 2.04. The van der Waals surface area contributed by atoms with Gasteiger partial charge in [-0.15, -0.1) is 0 Å². The molecule has 2 aromatic carbocycles. The molecule has 1 amide bonds. The number of anilines is 1. The van der Waals surface area contributed by atoms with Crippen molar-refractivity contribution < 1.29 is 27.7 Å². The third kappa shape index (κ3) is 5.25. The minimum atomic E-state index is -4.03. The normalized spacial score (nSPS) is 11.0. The maximum Gasteiger partial charge on any atom is 0.338 e. The van der Waals surface area contributed by atoms with Crippen LogP contribution in [0.1, 0.15) is 15.9 Å². The number of carbonyl (C=O) groups is 2. The number of rotatable bonds is 6. The van der Waals surface area contributed by atoms with Gasteiger partial charge in [0.25, 0.3) is 11.6 Å². The van der Waals surface area contributed by atoms with Gasteiger partial charge in [-0.2, -0.15) is 0 Å². The SMILES string of the molecule is Cc1ccc(C(=O)OCC(=O)Nc2ccc(Cl)c([N+](=O)[O-])c2)cc1S(N)(=O)=O. The van der Waals surface area contributed by atoms with Crippen molar-refractivity contribution in [1.82, 2.24) is 0 Å². The third-order valence-electron chi connectivity index (χ3n) is 3.49. The van der Waals surface area contributed by atoms with E-state index in [9.17, 15) is 28.1 Å². The van der Waals surface area contributed by atoms with E-state index >= 15 is 0 Å². The van der Waals surface area contributed by atoms with Gasteiger partial charge in [0.05, 0.1) is 15.4 Å². The Kier molecular flexibility index (Phi) is 6.33. The van der Waals surface area contributed by atoms with E-state index in [1.807, 2.05) is 0 Å². The number of sulfonamides is 1. The molecule has 0 aliphatic rings. The first-order chi connectivity index (χ1) is 13.0. The molecule has 0 saturated carbocycles. The number of nitrogens with two attached hydrogens (primary N) is 1. The van der Waals surface area contributed by atoms with Gasteiger partial charge in [-0.3, -0.25) is 14.9 Å².